The molecule has 0 amide bonds. The van der Waals surface area contributed by atoms with E-state index in [4.69, 9.17) is 16.0 Å². The van der Waals surface area contributed by atoms with E-state index in [9.17, 15) is 5.11 Å². The molecular formula is C16H19ClN2O2. The Labute approximate surface area is 129 Å². The van der Waals surface area contributed by atoms with Gasteiger partial charge >= 0.3 is 0 Å². The fourth-order valence-corrected chi connectivity index (χ4v) is 3.16. The van der Waals surface area contributed by atoms with Crippen LogP contribution >= 0.6 is 11.6 Å². The Bertz CT molecular complexity index is 573. The number of aromatic nitrogens is 1. The first kappa shape index (κ1) is 14.6. The lowest BCUT2D eigenvalue weighted by atomic mass is 10.0. The normalized spacial score (nSPS) is 20.8. The first-order valence-corrected chi connectivity index (χ1v) is 7.66. The lowest BCUT2D eigenvalue weighted by Crippen LogP contribution is -2.30. The summed E-state index contributed by atoms with van der Waals surface area (Å²) in [4.78, 5) is 6.40. The predicted octanol–water partition coefficient (Wildman–Crippen LogP) is 3.42. The number of pyridine rings is 1. The van der Waals surface area contributed by atoms with Crippen molar-refractivity contribution < 1.29 is 9.52 Å². The quantitative estimate of drug-likeness (QED) is 0.919. The number of aliphatic hydroxyl groups is 1. The molecule has 0 radical (unpaired) electrons. The van der Waals surface area contributed by atoms with Gasteiger partial charge in [-0.15, -0.1) is 0 Å². The summed E-state index contributed by atoms with van der Waals surface area (Å²) < 4.78 is 5.28. The van der Waals surface area contributed by atoms with Crippen LogP contribution < -0.4 is 0 Å². The van der Waals surface area contributed by atoms with Crippen molar-refractivity contribution in [3.8, 4) is 0 Å². The maximum atomic E-state index is 10.3. The minimum Gasteiger partial charge on any atom is -0.467 e. The molecule has 3 rings (SSSR count). The highest BCUT2D eigenvalue weighted by Gasteiger charge is 2.28. The summed E-state index contributed by atoms with van der Waals surface area (Å²) in [5.41, 5.74) is 1.09. The highest BCUT2D eigenvalue weighted by atomic mass is 35.5. The van der Waals surface area contributed by atoms with Crippen LogP contribution in [0.1, 0.15) is 36.7 Å². The van der Waals surface area contributed by atoms with Gasteiger partial charge in [0.1, 0.15) is 11.9 Å². The minimum absolute atomic E-state index is 0.356. The van der Waals surface area contributed by atoms with E-state index >= 15 is 0 Å². The van der Waals surface area contributed by atoms with Gasteiger partial charge in [0.05, 0.1) is 11.3 Å². The summed E-state index contributed by atoms with van der Waals surface area (Å²) >= 11 is 6.18. The molecule has 0 bridgehead atoms. The molecule has 0 spiro atoms. The molecule has 1 N–H and O–H groups in total. The van der Waals surface area contributed by atoms with Crippen molar-refractivity contribution >= 4 is 11.6 Å². The maximum Gasteiger partial charge on any atom is 0.132 e. The molecule has 0 aliphatic carbocycles. The second-order valence-electron chi connectivity index (χ2n) is 5.50. The van der Waals surface area contributed by atoms with Crippen LogP contribution in [-0.4, -0.2) is 27.6 Å². The van der Waals surface area contributed by atoms with Crippen molar-refractivity contribution in [3.63, 3.8) is 0 Å². The van der Waals surface area contributed by atoms with Gasteiger partial charge in [-0.2, -0.15) is 0 Å². The molecule has 0 aromatic carbocycles. The van der Waals surface area contributed by atoms with Gasteiger partial charge in [-0.3, -0.25) is 9.88 Å². The number of likely N-dealkylation sites (tertiary alicyclic amines) is 1. The summed E-state index contributed by atoms with van der Waals surface area (Å²) in [5.74, 6) is 0.642. The van der Waals surface area contributed by atoms with Gasteiger partial charge in [0.15, 0.2) is 0 Å². The molecule has 2 atom stereocenters. The molecule has 1 saturated heterocycles. The Hall–Kier alpha value is -1.36. The monoisotopic (exact) mass is 306 g/mol. The van der Waals surface area contributed by atoms with Crippen LogP contribution in [0.25, 0.3) is 0 Å². The van der Waals surface area contributed by atoms with Gasteiger partial charge in [-0.05, 0) is 49.6 Å². The Balaban J connectivity index is 1.64. The molecule has 112 valence electrons. The van der Waals surface area contributed by atoms with E-state index in [1.807, 2.05) is 18.2 Å². The number of nitrogens with zero attached hydrogens (tertiary/aromatic N) is 2. The second kappa shape index (κ2) is 6.60. The van der Waals surface area contributed by atoms with E-state index in [0.29, 0.717) is 23.2 Å². The smallest absolute Gasteiger partial charge is 0.132 e. The number of furan rings is 1. The van der Waals surface area contributed by atoms with Crippen LogP contribution in [-0.2, 0) is 6.54 Å². The third-order valence-electron chi connectivity index (χ3n) is 4.10. The number of aliphatic hydroxyl groups excluding tert-OH is 1. The molecule has 3 heterocycles. The Kier molecular flexibility index (Phi) is 4.58. The van der Waals surface area contributed by atoms with E-state index in [1.165, 1.54) is 0 Å². The van der Waals surface area contributed by atoms with Crippen LogP contribution in [0.15, 0.2) is 41.3 Å². The average Bonchev–Trinajstić information content (AvgIpc) is 3.13. The van der Waals surface area contributed by atoms with Gasteiger partial charge in [-0.25, -0.2) is 0 Å². The van der Waals surface area contributed by atoms with Gasteiger partial charge in [0, 0.05) is 25.0 Å². The largest absolute Gasteiger partial charge is 0.467 e. The summed E-state index contributed by atoms with van der Waals surface area (Å²) in [6.45, 7) is 1.84. The molecule has 0 saturated carbocycles. The fourth-order valence-electron chi connectivity index (χ4n) is 2.98. The van der Waals surface area contributed by atoms with Crippen molar-refractivity contribution in [2.45, 2.75) is 38.0 Å². The van der Waals surface area contributed by atoms with Crippen LogP contribution in [0.5, 0.6) is 0 Å². The Morgan fingerprint density at radius 3 is 3.14 bits per heavy atom. The van der Waals surface area contributed by atoms with E-state index in [2.05, 4.69) is 9.88 Å². The first-order valence-electron chi connectivity index (χ1n) is 7.28. The minimum atomic E-state index is -0.543. The van der Waals surface area contributed by atoms with Crippen LogP contribution in [0.2, 0.25) is 5.02 Å². The molecular weight excluding hydrogens is 288 g/mol. The summed E-state index contributed by atoms with van der Waals surface area (Å²) in [6, 6.07) is 5.95. The SMILES string of the molecule is O[C@H](C[C@@H]1CCCN1Cc1ccncc1Cl)c1ccco1. The second-order valence-corrected chi connectivity index (χ2v) is 5.91. The van der Waals surface area contributed by atoms with Crippen LogP contribution in [0.3, 0.4) is 0 Å². The molecule has 2 aromatic heterocycles. The number of hydrogen-bond donors (Lipinski definition) is 1. The van der Waals surface area contributed by atoms with Gasteiger partial charge in [0.25, 0.3) is 0 Å². The van der Waals surface area contributed by atoms with Crippen LogP contribution in [0, 0.1) is 0 Å². The zero-order chi connectivity index (χ0) is 14.7. The van der Waals surface area contributed by atoms with Gasteiger partial charge in [0.2, 0.25) is 0 Å². The third kappa shape index (κ3) is 3.46. The van der Waals surface area contributed by atoms with Crippen molar-refractivity contribution in [3.05, 3.63) is 53.2 Å². The molecule has 0 unspecified atom stereocenters. The highest BCUT2D eigenvalue weighted by Crippen LogP contribution is 2.29. The molecule has 4 nitrogen and oxygen atoms in total. The van der Waals surface area contributed by atoms with E-state index in [0.717, 1.165) is 31.5 Å². The summed E-state index contributed by atoms with van der Waals surface area (Å²) in [7, 11) is 0. The van der Waals surface area contributed by atoms with E-state index < -0.39 is 6.10 Å². The summed E-state index contributed by atoms with van der Waals surface area (Å²) in [5, 5.41) is 11.0. The molecule has 2 aromatic rings. The van der Waals surface area contributed by atoms with Gasteiger partial charge < -0.3 is 9.52 Å². The lowest BCUT2D eigenvalue weighted by molar-refractivity contribution is 0.0995. The van der Waals surface area contributed by atoms with Crippen molar-refractivity contribution in [1.82, 2.24) is 9.88 Å². The zero-order valence-corrected chi connectivity index (χ0v) is 12.5. The zero-order valence-electron chi connectivity index (χ0n) is 11.8. The first-order chi connectivity index (χ1) is 10.2. The lowest BCUT2D eigenvalue weighted by Gasteiger charge is -2.26. The molecule has 1 aliphatic heterocycles. The van der Waals surface area contributed by atoms with Crippen molar-refractivity contribution in [2.24, 2.45) is 0 Å². The fraction of sp³-hybridized carbons (Fsp3) is 0.438. The number of rotatable bonds is 5. The Morgan fingerprint density at radius 1 is 1.48 bits per heavy atom. The maximum absolute atomic E-state index is 10.3. The van der Waals surface area contributed by atoms with E-state index in [-0.39, 0.29) is 0 Å². The van der Waals surface area contributed by atoms with Crippen molar-refractivity contribution in [2.75, 3.05) is 6.54 Å². The highest BCUT2D eigenvalue weighted by molar-refractivity contribution is 6.31. The van der Waals surface area contributed by atoms with Gasteiger partial charge in [-0.1, -0.05) is 11.6 Å². The topological polar surface area (TPSA) is 49.5 Å². The molecule has 1 fully saturated rings. The third-order valence-corrected chi connectivity index (χ3v) is 4.44. The standard InChI is InChI=1S/C16H19ClN2O2/c17-14-10-18-6-5-12(14)11-19-7-1-3-13(19)9-15(20)16-4-2-8-21-16/h2,4-6,8,10,13,15,20H,1,3,7,9,11H2/t13-,15+/m0/s1. The van der Waals surface area contributed by atoms with E-state index in [1.54, 1.807) is 18.7 Å². The van der Waals surface area contributed by atoms with Crippen LogP contribution in [0.4, 0.5) is 0 Å². The molecule has 21 heavy (non-hydrogen) atoms. The Morgan fingerprint density at radius 2 is 2.38 bits per heavy atom. The molecule has 1 aliphatic rings. The van der Waals surface area contributed by atoms with Crippen molar-refractivity contribution in [1.29, 1.82) is 0 Å². The average molecular weight is 307 g/mol. The number of hydrogen-bond acceptors (Lipinski definition) is 4. The predicted molar refractivity (Wildman–Crippen MR) is 81.0 cm³/mol. The summed E-state index contributed by atoms with van der Waals surface area (Å²) in [6.07, 6.45) is 7.44. The number of halogens is 1. The molecule has 5 heteroatoms.